The highest BCUT2D eigenvalue weighted by Gasteiger charge is 2.58. The third-order valence-electron chi connectivity index (χ3n) is 8.82. The van der Waals surface area contributed by atoms with Crippen LogP contribution < -0.4 is 15.3 Å². The number of nitrogens with one attached hydrogen (secondary N) is 1. The summed E-state index contributed by atoms with van der Waals surface area (Å²) in [5, 5.41) is 29.2. The number of aliphatic imine (C=N–C) groups is 1. The Morgan fingerprint density at radius 1 is 1.27 bits per heavy atom. The number of benzene rings is 1. The van der Waals surface area contributed by atoms with Crippen molar-refractivity contribution < 1.29 is 38.1 Å². The van der Waals surface area contributed by atoms with Gasteiger partial charge in [0.2, 0.25) is 0 Å². The van der Waals surface area contributed by atoms with Gasteiger partial charge in [0.1, 0.15) is 41.9 Å². The number of nitrogens with zero attached hydrogens (tertiary/aromatic N) is 4. The number of aliphatic hydroxyl groups excluding tert-OH is 2. The van der Waals surface area contributed by atoms with E-state index in [1.807, 2.05) is 12.1 Å². The average molecular weight is 629 g/mol. The number of fused-ring (bicyclic) bond motifs is 1. The first-order valence-corrected chi connectivity index (χ1v) is 16.1. The maximum Gasteiger partial charge on any atom is 0.459 e. The Morgan fingerprint density at radius 2 is 2.00 bits per heavy atom. The molecule has 3 saturated carbocycles. The van der Waals surface area contributed by atoms with Gasteiger partial charge in [0, 0.05) is 13.3 Å². The molecule has 1 unspecified atom stereocenters. The number of carbonyl (C=O) groups excluding carboxylic acids is 1. The number of carbonyl (C=O) groups is 1. The number of rotatable bonds is 12. The lowest BCUT2D eigenvalue weighted by Crippen LogP contribution is -2.55. The van der Waals surface area contributed by atoms with Gasteiger partial charge in [-0.15, -0.1) is 0 Å². The summed E-state index contributed by atoms with van der Waals surface area (Å²) in [6, 6.07) is 9.60. The molecule has 1 saturated heterocycles. The van der Waals surface area contributed by atoms with Crippen LogP contribution in [-0.4, -0.2) is 81.6 Å². The number of aliphatic hydroxyl groups is 2. The van der Waals surface area contributed by atoms with Gasteiger partial charge in [-0.05, 0) is 74.3 Å². The van der Waals surface area contributed by atoms with Crippen LogP contribution in [0.5, 0.6) is 5.75 Å². The SMILES string of the molecule is CCOC(=O)[C@H](C)NP(=O)(OC[C@H]1O[C@@](C=NC)(c2ccc3c(N)ncnn23)[C@H](O)[C@@H]1O)Oc1ccc(C23CC(C2)C3)cc1. The Bertz CT molecular complexity index is 1600. The minimum atomic E-state index is -4.28. The molecule has 4 aliphatic rings. The van der Waals surface area contributed by atoms with Crippen LogP contribution in [0.15, 0.2) is 47.7 Å². The Balaban J connectivity index is 1.23. The zero-order chi connectivity index (χ0) is 31.3. The third-order valence-corrected chi connectivity index (χ3v) is 10.5. The number of ether oxygens (including phenoxy) is 2. The van der Waals surface area contributed by atoms with E-state index in [9.17, 15) is 19.6 Å². The quantitative estimate of drug-likeness (QED) is 0.130. The number of hydrogen-bond donors (Lipinski definition) is 4. The second-order valence-corrected chi connectivity index (χ2v) is 13.4. The molecule has 2 bridgehead atoms. The molecule has 15 heteroatoms. The molecule has 7 rings (SSSR count). The predicted molar refractivity (Wildman–Crippen MR) is 159 cm³/mol. The molecule has 44 heavy (non-hydrogen) atoms. The summed E-state index contributed by atoms with van der Waals surface area (Å²) in [5.74, 6) is 0.653. The van der Waals surface area contributed by atoms with Gasteiger partial charge >= 0.3 is 13.7 Å². The minimum Gasteiger partial charge on any atom is -0.465 e. The molecule has 5 N–H and O–H groups in total. The van der Waals surface area contributed by atoms with Crippen molar-refractivity contribution in [3.63, 3.8) is 0 Å². The van der Waals surface area contributed by atoms with Crippen molar-refractivity contribution in [2.24, 2.45) is 10.9 Å². The van der Waals surface area contributed by atoms with Crippen molar-refractivity contribution in [1.29, 1.82) is 0 Å². The van der Waals surface area contributed by atoms with Gasteiger partial charge in [-0.3, -0.25) is 14.3 Å². The first-order chi connectivity index (χ1) is 21.0. The van der Waals surface area contributed by atoms with E-state index in [-0.39, 0.29) is 23.6 Å². The molecule has 2 aromatic heterocycles. The Kier molecular flexibility index (Phi) is 8.02. The van der Waals surface area contributed by atoms with Crippen molar-refractivity contribution in [3.8, 4) is 5.75 Å². The van der Waals surface area contributed by atoms with Crippen molar-refractivity contribution in [1.82, 2.24) is 19.7 Å². The van der Waals surface area contributed by atoms with Gasteiger partial charge in [-0.2, -0.15) is 10.2 Å². The van der Waals surface area contributed by atoms with Gasteiger partial charge in [-0.25, -0.2) is 14.1 Å². The lowest BCUT2D eigenvalue weighted by molar-refractivity contribution is -0.144. The average Bonchev–Trinajstić information content (AvgIpc) is 3.48. The van der Waals surface area contributed by atoms with Crippen LogP contribution in [0.3, 0.4) is 0 Å². The molecule has 3 aromatic rings. The van der Waals surface area contributed by atoms with Gasteiger partial charge in [-0.1, -0.05) is 12.1 Å². The Labute approximate surface area is 254 Å². The number of nitrogen functional groups attached to an aromatic ring is 1. The molecule has 6 atom stereocenters. The molecular formula is C29H37N6O8P. The zero-order valence-corrected chi connectivity index (χ0v) is 25.6. The van der Waals surface area contributed by atoms with E-state index in [0.717, 1.165) is 5.92 Å². The van der Waals surface area contributed by atoms with Crippen molar-refractivity contribution in [2.45, 2.75) is 68.5 Å². The zero-order valence-electron chi connectivity index (χ0n) is 24.7. The summed E-state index contributed by atoms with van der Waals surface area (Å²) >= 11 is 0. The normalized spacial score (nSPS) is 31.3. The first kappa shape index (κ1) is 30.6. The summed E-state index contributed by atoms with van der Waals surface area (Å²) in [6.45, 7) is 2.78. The topological polar surface area (TPSA) is 192 Å². The summed E-state index contributed by atoms with van der Waals surface area (Å²) in [5.41, 5.74) is 6.58. The Hall–Kier alpha value is -3.39. The van der Waals surface area contributed by atoms with Crippen molar-refractivity contribution >= 4 is 31.3 Å². The first-order valence-electron chi connectivity index (χ1n) is 14.6. The van der Waals surface area contributed by atoms with Crippen LogP contribution in [0.4, 0.5) is 5.82 Å². The largest absolute Gasteiger partial charge is 0.465 e. The van der Waals surface area contributed by atoms with E-state index >= 15 is 0 Å². The van der Waals surface area contributed by atoms with Crippen molar-refractivity contribution in [3.05, 3.63) is 54.0 Å². The smallest absolute Gasteiger partial charge is 0.459 e. The van der Waals surface area contributed by atoms with Crippen LogP contribution in [0, 0.1) is 5.92 Å². The summed E-state index contributed by atoms with van der Waals surface area (Å²) < 4.78 is 38.5. The minimum absolute atomic E-state index is 0.132. The van der Waals surface area contributed by atoms with E-state index in [2.05, 4.69) is 20.2 Å². The number of nitrogens with two attached hydrogens (primary N) is 1. The molecule has 0 amide bonds. The molecule has 3 heterocycles. The number of hydrogen-bond acceptors (Lipinski definition) is 12. The lowest BCUT2D eigenvalue weighted by Gasteiger charge is -2.62. The van der Waals surface area contributed by atoms with E-state index in [4.69, 9.17) is 24.3 Å². The van der Waals surface area contributed by atoms with E-state index in [1.54, 1.807) is 31.2 Å². The summed E-state index contributed by atoms with van der Waals surface area (Å²) in [4.78, 5) is 20.5. The maximum absolute atomic E-state index is 14.1. The van der Waals surface area contributed by atoms with E-state index in [1.165, 1.54) is 55.9 Å². The van der Waals surface area contributed by atoms with Crippen LogP contribution in [-0.2, 0) is 34.4 Å². The molecule has 1 aromatic carbocycles. The highest BCUT2D eigenvalue weighted by molar-refractivity contribution is 7.52. The Morgan fingerprint density at radius 3 is 2.64 bits per heavy atom. The van der Waals surface area contributed by atoms with Gasteiger partial charge in [0.15, 0.2) is 11.4 Å². The standard InChI is InChI=1S/C29H37N6O8P/c1-4-40-27(38)17(2)34-44(39,43-20-7-5-19(6-8-20)28-11-18(12-28)13-28)41-14-22-24(36)25(37)29(42-22,15-31-3)23-10-9-21-26(30)32-16-33-35(21)23/h5-10,15-18,22,24-25,36-37H,4,11-14H2,1-3H3,(H,34,39)(H2,30,32,33)/t17-,18?,22+,24+,25+,28?,29-,44?/m0/s1. The molecule has 3 aliphatic carbocycles. The fourth-order valence-corrected chi connectivity index (χ4v) is 7.97. The van der Waals surface area contributed by atoms with Crippen LogP contribution >= 0.6 is 7.75 Å². The number of esters is 1. The molecule has 0 radical (unpaired) electrons. The highest BCUT2D eigenvalue weighted by Crippen LogP contribution is 2.65. The van der Waals surface area contributed by atoms with Crippen LogP contribution in [0.2, 0.25) is 0 Å². The summed E-state index contributed by atoms with van der Waals surface area (Å²) in [6.07, 6.45) is 1.95. The monoisotopic (exact) mass is 628 g/mol. The lowest BCUT2D eigenvalue weighted by atomic mass is 9.42. The maximum atomic E-state index is 14.1. The summed E-state index contributed by atoms with van der Waals surface area (Å²) in [7, 11) is -2.78. The van der Waals surface area contributed by atoms with Crippen LogP contribution in [0.25, 0.3) is 5.52 Å². The van der Waals surface area contributed by atoms with E-state index < -0.39 is 50.3 Å². The van der Waals surface area contributed by atoms with Crippen LogP contribution in [0.1, 0.15) is 44.4 Å². The molecule has 236 valence electrons. The van der Waals surface area contributed by atoms with Gasteiger partial charge < -0.3 is 29.9 Å². The fraction of sp³-hybridized carbons (Fsp3) is 0.517. The molecular weight excluding hydrogens is 591 g/mol. The fourth-order valence-electron chi connectivity index (χ4n) is 6.46. The van der Waals surface area contributed by atoms with Gasteiger partial charge in [0.25, 0.3) is 0 Å². The molecule has 1 aliphatic heterocycles. The van der Waals surface area contributed by atoms with Crippen molar-refractivity contribution in [2.75, 3.05) is 26.0 Å². The number of anilines is 1. The van der Waals surface area contributed by atoms with Gasteiger partial charge in [0.05, 0.1) is 18.9 Å². The number of aromatic nitrogens is 3. The third kappa shape index (κ3) is 5.19. The molecule has 0 spiro atoms. The molecule has 4 fully saturated rings. The second-order valence-electron chi connectivity index (χ2n) is 11.7. The highest BCUT2D eigenvalue weighted by atomic mass is 31.2. The second kappa shape index (κ2) is 11.5. The molecule has 14 nitrogen and oxygen atoms in total. The predicted octanol–water partition coefficient (Wildman–Crippen LogP) is 2.12. The van der Waals surface area contributed by atoms with E-state index in [0.29, 0.717) is 11.2 Å².